The molecule has 1 aromatic carbocycles. The summed E-state index contributed by atoms with van der Waals surface area (Å²) in [7, 11) is 0. The van der Waals surface area contributed by atoms with Gasteiger partial charge in [-0.1, -0.05) is 29.3 Å². The molecule has 1 N–H and O–H groups in total. The zero-order valence-corrected chi connectivity index (χ0v) is 8.92. The van der Waals surface area contributed by atoms with Gasteiger partial charge >= 0.3 is 0 Å². The van der Waals surface area contributed by atoms with Gasteiger partial charge in [0, 0.05) is 11.1 Å². The Bertz CT molecular complexity index is 471. The number of hydrogen-bond acceptors (Lipinski definition) is 0. The minimum atomic E-state index is 0.593. The van der Waals surface area contributed by atoms with E-state index in [-0.39, 0.29) is 0 Å². The molecule has 13 heavy (non-hydrogen) atoms. The first-order valence-electron chi connectivity index (χ1n) is 4.04. The molecule has 0 aliphatic rings. The molecule has 1 heterocycles. The van der Waals surface area contributed by atoms with Crippen molar-refractivity contribution in [3.8, 4) is 0 Å². The van der Waals surface area contributed by atoms with E-state index < -0.39 is 0 Å². The van der Waals surface area contributed by atoms with Crippen molar-refractivity contribution in [3.63, 3.8) is 0 Å². The zero-order chi connectivity index (χ0) is 9.59. The van der Waals surface area contributed by atoms with E-state index in [1.165, 1.54) is 5.56 Å². The van der Waals surface area contributed by atoms with Crippen molar-refractivity contribution < 1.29 is 0 Å². The average Bonchev–Trinajstić information content (AvgIpc) is 2.38. The van der Waals surface area contributed by atoms with Gasteiger partial charge in [-0.3, -0.25) is 0 Å². The Morgan fingerprint density at radius 1 is 1.15 bits per heavy atom. The van der Waals surface area contributed by atoms with Gasteiger partial charge in [0.2, 0.25) is 0 Å². The highest BCUT2D eigenvalue weighted by Gasteiger charge is 2.09. The number of aromatic nitrogens is 1. The maximum Gasteiger partial charge on any atom is 0.0833 e. The summed E-state index contributed by atoms with van der Waals surface area (Å²) >= 11 is 11.9. The second kappa shape index (κ2) is 2.93. The number of fused-ring (bicyclic) bond motifs is 1. The van der Waals surface area contributed by atoms with E-state index in [1.807, 2.05) is 19.1 Å². The summed E-state index contributed by atoms with van der Waals surface area (Å²) in [5.74, 6) is 0. The highest BCUT2D eigenvalue weighted by Crippen LogP contribution is 2.32. The van der Waals surface area contributed by atoms with Crippen LogP contribution in [0.3, 0.4) is 0 Å². The van der Waals surface area contributed by atoms with E-state index in [4.69, 9.17) is 23.2 Å². The van der Waals surface area contributed by atoms with Crippen molar-refractivity contribution in [3.05, 3.63) is 33.4 Å². The average molecular weight is 214 g/mol. The van der Waals surface area contributed by atoms with Gasteiger partial charge in [-0.05, 0) is 25.5 Å². The van der Waals surface area contributed by atoms with Crippen molar-refractivity contribution in [2.24, 2.45) is 0 Å². The van der Waals surface area contributed by atoms with Crippen molar-refractivity contribution in [1.82, 2.24) is 4.98 Å². The van der Waals surface area contributed by atoms with Gasteiger partial charge in [0.25, 0.3) is 0 Å². The number of H-pyrrole nitrogens is 1. The lowest BCUT2D eigenvalue weighted by atomic mass is 10.1. The summed E-state index contributed by atoms with van der Waals surface area (Å²) in [5, 5.41) is 2.35. The van der Waals surface area contributed by atoms with Crippen LogP contribution in [0, 0.1) is 13.8 Å². The third kappa shape index (κ3) is 1.23. The molecule has 2 rings (SSSR count). The number of aryl methyl sites for hydroxylation is 2. The number of halogens is 2. The number of nitrogens with one attached hydrogen (secondary N) is 1. The second-order valence-corrected chi connectivity index (χ2v) is 3.94. The minimum absolute atomic E-state index is 0.593. The summed E-state index contributed by atoms with van der Waals surface area (Å²) in [6.45, 7) is 4.10. The molecule has 0 bridgehead atoms. The molecule has 0 unspecified atom stereocenters. The zero-order valence-electron chi connectivity index (χ0n) is 7.41. The molecule has 0 fully saturated rings. The van der Waals surface area contributed by atoms with E-state index in [0.717, 1.165) is 16.6 Å². The summed E-state index contributed by atoms with van der Waals surface area (Å²) in [6.07, 6.45) is 0. The number of rotatable bonds is 0. The van der Waals surface area contributed by atoms with Crippen LogP contribution in [-0.2, 0) is 0 Å². The Morgan fingerprint density at radius 2 is 1.85 bits per heavy atom. The Labute approximate surface area is 86.7 Å². The molecule has 0 saturated heterocycles. The first-order chi connectivity index (χ1) is 6.11. The summed E-state index contributed by atoms with van der Waals surface area (Å²) in [4.78, 5) is 3.22. The normalized spacial score (nSPS) is 11.1. The summed E-state index contributed by atoms with van der Waals surface area (Å²) in [5.41, 5.74) is 3.30. The highest BCUT2D eigenvalue weighted by atomic mass is 35.5. The van der Waals surface area contributed by atoms with E-state index >= 15 is 0 Å². The number of aromatic amines is 1. The number of hydrogen-bond donors (Lipinski definition) is 1. The maximum absolute atomic E-state index is 6.05. The van der Waals surface area contributed by atoms with Crippen LogP contribution in [-0.4, -0.2) is 4.98 Å². The molecule has 0 radical (unpaired) electrons. The van der Waals surface area contributed by atoms with Crippen molar-refractivity contribution >= 4 is 34.1 Å². The first-order valence-corrected chi connectivity index (χ1v) is 4.79. The van der Waals surface area contributed by atoms with Gasteiger partial charge in [0.1, 0.15) is 0 Å². The Morgan fingerprint density at radius 3 is 2.54 bits per heavy atom. The van der Waals surface area contributed by atoms with E-state index in [0.29, 0.717) is 10.0 Å². The fourth-order valence-corrected chi connectivity index (χ4v) is 1.84. The fraction of sp³-hybridized carbons (Fsp3) is 0.200. The van der Waals surface area contributed by atoms with Crippen LogP contribution in [0.2, 0.25) is 10.0 Å². The van der Waals surface area contributed by atoms with Crippen LogP contribution in [0.1, 0.15) is 11.3 Å². The minimum Gasteiger partial charge on any atom is -0.357 e. The molecule has 0 aliphatic heterocycles. The molecule has 0 saturated carbocycles. The van der Waals surface area contributed by atoms with E-state index in [9.17, 15) is 0 Å². The third-order valence-electron chi connectivity index (χ3n) is 2.37. The molecule has 1 aromatic heterocycles. The second-order valence-electron chi connectivity index (χ2n) is 3.16. The first kappa shape index (κ1) is 8.92. The molecule has 0 atom stereocenters. The smallest absolute Gasteiger partial charge is 0.0833 e. The fourth-order valence-electron chi connectivity index (χ4n) is 1.47. The van der Waals surface area contributed by atoms with Crippen LogP contribution in [0.15, 0.2) is 12.1 Å². The Balaban J connectivity index is 2.94. The highest BCUT2D eigenvalue weighted by molar-refractivity contribution is 6.45. The summed E-state index contributed by atoms with van der Waals surface area (Å²) in [6, 6.07) is 3.81. The molecule has 0 aliphatic carbocycles. The Kier molecular flexibility index (Phi) is 2.01. The predicted octanol–water partition coefficient (Wildman–Crippen LogP) is 4.09. The largest absolute Gasteiger partial charge is 0.357 e. The molecular weight excluding hydrogens is 205 g/mol. The van der Waals surface area contributed by atoms with Crippen molar-refractivity contribution in [2.45, 2.75) is 13.8 Å². The van der Waals surface area contributed by atoms with Crippen molar-refractivity contribution in [1.29, 1.82) is 0 Å². The van der Waals surface area contributed by atoms with Gasteiger partial charge in [-0.15, -0.1) is 0 Å². The van der Waals surface area contributed by atoms with Gasteiger partial charge in [0.15, 0.2) is 0 Å². The Hall–Kier alpha value is -0.660. The van der Waals surface area contributed by atoms with Crippen LogP contribution >= 0.6 is 23.2 Å². The van der Waals surface area contributed by atoms with Crippen LogP contribution in [0.5, 0.6) is 0 Å². The molecule has 0 amide bonds. The quantitative estimate of drug-likeness (QED) is 0.679. The van der Waals surface area contributed by atoms with Gasteiger partial charge in [-0.2, -0.15) is 0 Å². The lowest BCUT2D eigenvalue weighted by molar-refractivity contribution is 1.25. The lowest BCUT2D eigenvalue weighted by Gasteiger charge is -1.96. The summed E-state index contributed by atoms with van der Waals surface area (Å²) < 4.78 is 0. The monoisotopic (exact) mass is 213 g/mol. The molecule has 0 spiro atoms. The molecular formula is C10H9Cl2N. The number of benzene rings is 1. The molecule has 1 nitrogen and oxygen atoms in total. The standard InChI is InChI=1S/C10H9Cl2N/c1-5-6(2)13-10-7(5)3-4-8(11)9(10)12/h3-4,13H,1-2H3. The topological polar surface area (TPSA) is 15.8 Å². The van der Waals surface area contributed by atoms with Crippen LogP contribution < -0.4 is 0 Å². The van der Waals surface area contributed by atoms with Crippen LogP contribution in [0.4, 0.5) is 0 Å². The molecule has 68 valence electrons. The van der Waals surface area contributed by atoms with E-state index in [2.05, 4.69) is 11.9 Å². The SMILES string of the molecule is Cc1[nH]c2c(Cl)c(Cl)ccc2c1C. The van der Waals surface area contributed by atoms with Crippen molar-refractivity contribution in [2.75, 3.05) is 0 Å². The van der Waals surface area contributed by atoms with Gasteiger partial charge in [-0.25, -0.2) is 0 Å². The van der Waals surface area contributed by atoms with Gasteiger partial charge < -0.3 is 4.98 Å². The third-order valence-corrected chi connectivity index (χ3v) is 3.18. The van der Waals surface area contributed by atoms with Gasteiger partial charge in [0.05, 0.1) is 15.6 Å². The lowest BCUT2D eigenvalue weighted by Crippen LogP contribution is -1.72. The maximum atomic E-state index is 6.05. The van der Waals surface area contributed by atoms with E-state index in [1.54, 1.807) is 0 Å². The molecule has 3 heteroatoms. The van der Waals surface area contributed by atoms with Crippen LogP contribution in [0.25, 0.3) is 10.9 Å². The predicted molar refractivity (Wildman–Crippen MR) is 57.8 cm³/mol. The molecule has 2 aromatic rings.